The number of ether oxygens (including phenoxy) is 2. The molecule has 2 aromatic carbocycles. The van der Waals surface area contributed by atoms with Crippen LogP contribution in [0.4, 0.5) is 0 Å². The molecule has 162 valence electrons. The quantitative estimate of drug-likeness (QED) is 0.389. The summed E-state index contributed by atoms with van der Waals surface area (Å²) >= 11 is 17.1. The molecule has 0 saturated heterocycles. The van der Waals surface area contributed by atoms with Crippen LogP contribution in [0.15, 0.2) is 47.0 Å². The topological polar surface area (TPSA) is 47.6 Å². The Balaban J connectivity index is 1.89. The van der Waals surface area contributed by atoms with Crippen molar-refractivity contribution in [2.45, 2.75) is 33.1 Å². The third kappa shape index (κ3) is 7.75. The summed E-state index contributed by atoms with van der Waals surface area (Å²) in [7, 11) is 0. The maximum Gasteiger partial charge on any atom is 0.251 e. The number of benzene rings is 2. The molecule has 0 saturated carbocycles. The molecule has 7 heteroatoms. The van der Waals surface area contributed by atoms with Gasteiger partial charge in [-0.05, 0) is 72.9 Å². The molecule has 0 fully saturated rings. The van der Waals surface area contributed by atoms with Gasteiger partial charge in [0.15, 0.2) is 0 Å². The summed E-state index contributed by atoms with van der Waals surface area (Å²) in [5.74, 6) is 1.53. The molecule has 0 aliphatic heterocycles. The first-order valence-electron chi connectivity index (χ1n) is 9.90. The van der Waals surface area contributed by atoms with Crippen LogP contribution in [0, 0.1) is 0 Å². The minimum atomic E-state index is -0.122. The molecule has 0 radical (unpaired) electrons. The molecule has 0 aliphatic carbocycles. The Morgan fingerprint density at radius 1 is 1.03 bits per heavy atom. The lowest BCUT2D eigenvalue weighted by Gasteiger charge is -2.17. The van der Waals surface area contributed by atoms with Crippen LogP contribution in [0.1, 0.15) is 41.8 Å². The largest absolute Gasteiger partial charge is 0.493 e. The molecular formula is C23H26Cl3NO3. The molecule has 0 unspecified atom stereocenters. The predicted octanol–water partition coefficient (Wildman–Crippen LogP) is 6.36. The lowest BCUT2D eigenvalue weighted by molar-refractivity contribution is 0.0951. The van der Waals surface area contributed by atoms with E-state index in [-0.39, 0.29) is 10.4 Å². The van der Waals surface area contributed by atoms with Crippen molar-refractivity contribution in [1.82, 2.24) is 5.32 Å². The number of carbonyl (C=O) groups excluding carboxylic acids is 1. The van der Waals surface area contributed by atoms with Gasteiger partial charge in [-0.2, -0.15) is 0 Å². The number of halogens is 3. The maximum absolute atomic E-state index is 12.1. The highest BCUT2D eigenvalue weighted by Crippen LogP contribution is 2.31. The molecular weight excluding hydrogens is 445 g/mol. The highest BCUT2D eigenvalue weighted by Gasteiger charge is 2.12. The zero-order valence-electron chi connectivity index (χ0n) is 17.1. The van der Waals surface area contributed by atoms with E-state index in [1.54, 1.807) is 30.3 Å². The fraction of sp³-hybridized carbons (Fsp3) is 0.348. The first kappa shape index (κ1) is 24.4. The van der Waals surface area contributed by atoms with E-state index in [1.165, 1.54) is 0 Å². The van der Waals surface area contributed by atoms with Gasteiger partial charge in [0.05, 0.1) is 6.61 Å². The van der Waals surface area contributed by atoms with E-state index in [2.05, 4.69) is 19.2 Å². The minimum absolute atomic E-state index is 0.122. The lowest BCUT2D eigenvalue weighted by Crippen LogP contribution is -2.25. The Bertz CT molecular complexity index is 837. The van der Waals surface area contributed by atoms with Crippen molar-refractivity contribution < 1.29 is 14.3 Å². The average Bonchev–Trinajstić information content (AvgIpc) is 2.73. The van der Waals surface area contributed by atoms with Crippen LogP contribution in [0.5, 0.6) is 11.5 Å². The van der Waals surface area contributed by atoms with Crippen LogP contribution in [-0.4, -0.2) is 25.7 Å². The highest BCUT2D eigenvalue weighted by atomic mass is 35.5. The van der Waals surface area contributed by atoms with E-state index in [0.29, 0.717) is 36.8 Å². The van der Waals surface area contributed by atoms with E-state index >= 15 is 0 Å². The second-order valence-electron chi connectivity index (χ2n) is 6.55. The first-order chi connectivity index (χ1) is 14.4. The Hall–Kier alpha value is -1.88. The monoisotopic (exact) mass is 469 g/mol. The third-order valence-corrected chi connectivity index (χ3v) is 4.99. The summed E-state index contributed by atoms with van der Waals surface area (Å²) in [5, 5.41) is 3.50. The molecule has 0 spiro atoms. The minimum Gasteiger partial charge on any atom is -0.493 e. The highest BCUT2D eigenvalue weighted by molar-refractivity contribution is 6.55. The fourth-order valence-electron chi connectivity index (χ4n) is 2.87. The molecule has 0 atom stereocenters. The average molecular weight is 471 g/mol. The summed E-state index contributed by atoms with van der Waals surface area (Å²) < 4.78 is 12.0. The maximum atomic E-state index is 12.1. The molecule has 1 amide bonds. The Morgan fingerprint density at radius 2 is 1.67 bits per heavy atom. The van der Waals surface area contributed by atoms with E-state index in [9.17, 15) is 4.79 Å². The van der Waals surface area contributed by atoms with Crippen molar-refractivity contribution in [1.29, 1.82) is 0 Å². The molecule has 2 rings (SSSR count). The third-order valence-electron chi connectivity index (χ3n) is 4.43. The van der Waals surface area contributed by atoms with Gasteiger partial charge in [-0.1, -0.05) is 48.7 Å². The number of nitrogens with one attached hydrogen (secondary N) is 1. The zero-order chi connectivity index (χ0) is 21.9. The van der Waals surface area contributed by atoms with Gasteiger partial charge in [0, 0.05) is 17.1 Å². The summed E-state index contributed by atoms with van der Waals surface area (Å²) in [6, 6.07) is 10.8. The van der Waals surface area contributed by atoms with E-state index in [4.69, 9.17) is 44.3 Å². The molecule has 2 aromatic rings. The Labute approximate surface area is 193 Å². The van der Waals surface area contributed by atoms with Crippen molar-refractivity contribution in [3.05, 3.63) is 68.7 Å². The normalized spacial score (nSPS) is 10.4. The van der Waals surface area contributed by atoms with Crippen molar-refractivity contribution >= 4 is 40.7 Å². The molecule has 1 N–H and O–H groups in total. The van der Waals surface area contributed by atoms with Crippen LogP contribution in [0.2, 0.25) is 5.02 Å². The van der Waals surface area contributed by atoms with Crippen LogP contribution >= 0.6 is 34.8 Å². The zero-order valence-corrected chi connectivity index (χ0v) is 19.4. The van der Waals surface area contributed by atoms with Gasteiger partial charge in [-0.25, -0.2) is 0 Å². The van der Waals surface area contributed by atoms with Gasteiger partial charge in [0.1, 0.15) is 22.6 Å². The molecule has 0 aliphatic rings. The Kier molecular flexibility index (Phi) is 10.4. The fourth-order valence-corrected chi connectivity index (χ4v) is 3.12. The number of aryl methyl sites for hydroxylation is 2. The van der Waals surface area contributed by atoms with E-state index in [1.807, 2.05) is 12.1 Å². The van der Waals surface area contributed by atoms with Crippen molar-refractivity contribution in [3.63, 3.8) is 0 Å². The standard InChI is InChI=1S/C23H26Cl3NO3/c1-3-16-14-20(29-13-10-21(25)26)15-17(4-2)22(16)30-12-5-11-27-23(28)18-6-8-19(24)9-7-18/h6-10,14-15H,3-5,11-13H2,1-2H3,(H,27,28). The molecule has 0 aromatic heterocycles. The summed E-state index contributed by atoms with van der Waals surface area (Å²) in [4.78, 5) is 12.1. The van der Waals surface area contributed by atoms with E-state index < -0.39 is 0 Å². The number of hydrogen-bond donors (Lipinski definition) is 1. The van der Waals surface area contributed by atoms with Gasteiger partial charge >= 0.3 is 0 Å². The van der Waals surface area contributed by atoms with Crippen molar-refractivity contribution in [3.8, 4) is 11.5 Å². The molecule has 0 heterocycles. The van der Waals surface area contributed by atoms with E-state index in [0.717, 1.165) is 35.5 Å². The number of hydrogen-bond acceptors (Lipinski definition) is 3. The first-order valence-corrected chi connectivity index (χ1v) is 11.0. The SMILES string of the molecule is CCc1cc(OCC=C(Cl)Cl)cc(CC)c1OCCCNC(=O)c1ccc(Cl)cc1. The van der Waals surface area contributed by atoms with Crippen LogP contribution < -0.4 is 14.8 Å². The van der Waals surface area contributed by atoms with Gasteiger partial charge in [0.25, 0.3) is 5.91 Å². The van der Waals surface area contributed by atoms with Crippen LogP contribution in [0.25, 0.3) is 0 Å². The summed E-state index contributed by atoms with van der Waals surface area (Å²) in [6.07, 6.45) is 3.93. The second-order valence-corrected chi connectivity index (χ2v) is 7.99. The smallest absolute Gasteiger partial charge is 0.251 e. The van der Waals surface area contributed by atoms with Gasteiger partial charge in [-0.3, -0.25) is 4.79 Å². The van der Waals surface area contributed by atoms with Crippen molar-refractivity contribution in [2.75, 3.05) is 19.8 Å². The van der Waals surface area contributed by atoms with Gasteiger partial charge in [-0.15, -0.1) is 0 Å². The predicted molar refractivity (Wildman–Crippen MR) is 124 cm³/mol. The summed E-state index contributed by atoms with van der Waals surface area (Å²) in [5.41, 5.74) is 2.74. The number of rotatable bonds is 11. The van der Waals surface area contributed by atoms with Gasteiger partial charge in [0.2, 0.25) is 0 Å². The number of amides is 1. The second kappa shape index (κ2) is 12.7. The summed E-state index contributed by atoms with van der Waals surface area (Å²) in [6.45, 7) is 5.49. The molecule has 0 bridgehead atoms. The van der Waals surface area contributed by atoms with Gasteiger partial charge < -0.3 is 14.8 Å². The molecule has 4 nitrogen and oxygen atoms in total. The van der Waals surface area contributed by atoms with Crippen LogP contribution in [0.3, 0.4) is 0 Å². The van der Waals surface area contributed by atoms with Crippen LogP contribution in [-0.2, 0) is 12.8 Å². The molecule has 30 heavy (non-hydrogen) atoms. The lowest BCUT2D eigenvalue weighted by atomic mass is 10.0. The van der Waals surface area contributed by atoms with Crippen molar-refractivity contribution in [2.24, 2.45) is 0 Å². The number of carbonyl (C=O) groups is 1. The Morgan fingerprint density at radius 3 is 2.23 bits per heavy atom.